The van der Waals surface area contributed by atoms with Gasteiger partial charge in [0, 0.05) is 16.7 Å². The van der Waals surface area contributed by atoms with E-state index in [-0.39, 0.29) is 10.9 Å². The number of rotatable bonds is 4. The van der Waals surface area contributed by atoms with Crippen LogP contribution >= 0.6 is 27.7 Å². The Kier molecular flexibility index (Phi) is 5.12. The van der Waals surface area contributed by atoms with Crippen molar-refractivity contribution in [2.75, 3.05) is 0 Å². The lowest BCUT2D eigenvalue weighted by molar-refractivity contribution is 0.535. The molecule has 20 heavy (non-hydrogen) atoms. The number of halogens is 3. The molecule has 0 radical (unpaired) electrons. The largest absolute Gasteiger partial charge is 0.328 e. The third-order valence-electron chi connectivity index (χ3n) is 2.52. The van der Waals surface area contributed by atoms with Gasteiger partial charge < -0.3 is 5.73 Å². The molecule has 1 aromatic heterocycles. The lowest BCUT2D eigenvalue weighted by Gasteiger charge is -2.09. The third kappa shape index (κ3) is 4.01. The Bertz CT molecular complexity index is 580. The second-order valence-electron chi connectivity index (χ2n) is 4.49. The zero-order valence-electron chi connectivity index (χ0n) is 10.7. The van der Waals surface area contributed by atoms with Gasteiger partial charge in [0.05, 0.1) is 4.90 Å². The maximum Gasteiger partial charge on any atom is 0.140 e. The molecular weight excluding hydrogens is 346 g/mol. The summed E-state index contributed by atoms with van der Waals surface area (Å²) in [4.78, 5) is 4.04. The fourth-order valence-electron chi connectivity index (χ4n) is 1.73. The lowest BCUT2D eigenvalue weighted by Crippen LogP contribution is -2.18. The van der Waals surface area contributed by atoms with Gasteiger partial charge in [0.25, 0.3) is 0 Å². The molecule has 0 spiro atoms. The van der Waals surface area contributed by atoms with E-state index < -0.39 is 11.6 Å². The van der Waals surface area contributed by atoms with Gasteiger partial charge in [-0.2, -0.15) is 0 Å². The minimum atomic E-state index is -0.588. The standard InChI is InChI=1S/C14H13BrF2N2S/c1-8(18)4-9-5-11(16)14(12(17)6-9)20-13-3-2-10(15)7-19-13/h2-3,5-8H,4,18H2,1H3. The van der Waals surface area contributed by atoms with Crippen LogP contribution in [0.4, 0.5) is 8.78 Å². The summed E-state index contributed by atoms with van der Waals surface area (Å²) in [5.74, 6) is -1.18. The van der Waals surface area contributed by atoms with E-state index in [0.29, 0.717) is 17.0 Å². The van der Waals surface area contributed by atoms with Crippen LogP contribution in [0.2, 0.25) is 0 Å². The smallest absolute Gasteiger partial charge is 0.140 e. The summed E-state index contributed by atoms with van der Waals surface area (Å²) < 4.78 is 28.8. The van der Waals surface area contributed by atoms with Gasteiger partial charge in [0.15, 0.2) is 0 Å². The molecule has 2 aromatic rings. The molecule has 0 saturated carbocycles. The first kappa shape index (κ1) is 15.4. The van der Waals surface area contributed by atoms with Crippen molar-refractivity contribution in [3.8, 4) is 0 Å². The molecular formula is C14H13BrF2N2S. The normalized spacial score (nSPS) is 12.4. The van der Waals surface area contributed by atoms with Crippen molar-refractivity contribution >= 4 is 27.7 Å². The molecule has 2 nitrogen and oxygen atoms in total. The summed E-state index contributed by atoms with van der Waals surface area (Å²) in [7, 11) is 0. The molecule has 0 aliphatic rings. The van der Waals surface area contributed by atoms with Crippen LogP contribution in [0.1, 0.15) is 12.5 Å². The molecule has 0 aliphatic carbocycles. The monoisotopic (exact) mass is 358 g/mol. The molecule has 106 valence electrons. The van der Waals surface area contributed by atoms with E-state index in [4.69, 9.17) is 5.73 Å². The first-order valence-corrected chi connectivity index (χ1v) is 7.59. The van der Waals surface area contributed by atoms with Gasteiger partial charge in [-0.05, 0) is 59.1 Å². The van der Waals surface area contributed by atoms with Crippen molar-refractivity contribution in [3.63, 3.8) is 0 Å². The maximum absolute atomic E-state index is 14.0. The van der Waals surface area contributed by atoms with Gasteiger partial charge in [0.1, 0.15) is 16.7 Å². The van der Waals surface area contributed by atoms with Crippen molar-refractivity contribution in [1.82, 2.24) is 4.98 Å². The Labute approximate surface area is 128 Å². The van der Waals surface area contributed by atoms with E-state index in [9.17, 15) is 8.78 Å². The summed E-state index contributed by atoms with van der Waals surface area (Å²) in [6.07, 6.45) is 2.03. The third-order valence-corrected chi connectivity index (χ3v) is 4.04. The fraction of sp³-hybridized carbons (Fsp3) is 0.214. The number of aromatic nitrogens is 1. The minimum absolute atomic E-state index is 0.0479. The predicted molar refractivity (Wildman–Crippen MR) is 79.8 cm³/mol. The van der Waals surface area contributed by atoms with Crippen LogP contribution in [0, 0.1) is 11.6 Å². The molecule has 0 amide bonds. The van der Waals surface area contributed by atoms with Gasteiger partial charge in [-0.1, -0.05) is 11.8 Å². The highest BCUT2D eigenvalue weighted by Gasteiger charge is 2.14. The molecule has 2 N–H and O–H groups in total. The zero-order valence-corrected chi connectivity index (χ0v) is 13.1. The van der Waals surface area contributed by atoms with Crippen LogP contribution < -0.4 is 5.73 Å². The molecule has 1 aromatic carbocycles. The molecule has 0 bridgehead atoms. The molecule has 1 heterocycles. The van der Waals surface area contributed by atoms with Gasteiger partial charge in [-0.25, -0.2) is 13.8 Å². The summed E-state index contributed by atoms with van der Waals surface area (Å²) in [6.45, 7) is 1.80. The minimum Gasteiger partial charge on any atom is -0.328 e. The molecule has 0 aliphatic heterocycles. The maximum atomic E-state index is 14.0. The van der Waals surface area contributed by atoms with Crippen LogP contribution in [0.3, 0.4) is 0 Å². The van der Waals surface area contributed by atoms with E-state index in [1.54, 1.807) is 25.3 Å². The Morgan fingerprint density at radius 3 is 2.45 bits per heavy atom. The topological polar surface area (TPSA) is 38.9 Å². The van der Waals surface area contributed by atoms with E-state index >= 15 is 0 Å². The first-order valence-electron chi connectivity index (χ1n) is 5.98. The SMILES string of the molecule is CC(N)Cc1cc(F)c(Sc2ccc(Br)cn2)c(F)c1. The number of nitrogens with two attached hydrogens (primary N) is 1. The van der Waals surface area contributed by atoms with Crippen molar-refractivity contribution in [2.24, 2.45) is 5.73 Å². The molecule has 0 saturated heterocycles. The summed E-state index contributed by atoms with van der Waals surface area (Å²) >= 11 is 4.22. The Morgan fingerprint density at radius 2 is 1.95 bits per heavy atom. The van der Waals surface area contributed by atoms with E-state index in [1.807, 2.05) is 0 Å². The zero-order chi connectivity index (χ0) is 14.7. The average Bonchev–Trinajstić information content (AvgIpc) is 2.35. The van der Waals surface area contributed by atoms with Crippen molar-refractivity contribution in [1.29, 1.82) is 0 Å². The second kappa shape index (κ2) is 6.65. The van der Waals surface area contributed by atoms with E-state index in [0.717, 1.165) is 16.2 Å². The molecule has 0 fully saturated rings. The summed E-state index contributed by atoms with van der Waals surface area (Å²) in [5.41, 5.74) is 6.19. The number of pyridine rings is 1. The highest BCUT2D eigenvalue weighted by atomic mass is 79.9. The van der Waals surface area contributed by atoms with Crippen molar-refractivity contribution in [2.45, 2.75) is 29.3 Å². The van der Waals surface area contributed by atoms with Crippen LogP contribution in [0.15, 0.2) is 44.9 Å². The van der Waals surface area contributed by atoms with Gasteiger partial charge in [0.2, 0.25) is 0 Å². The number of hydrogen-bond acceptors (Lipinski definition) is 3. The molecule has 1 atom stereocenters. The van der Waals surface area contributed by atoms with Crippen LogP contribution in [-0.4, -0.2) is 11.0 Å². The van der Waals surface area contributed by atoms with Gasteiger partial charge in [-0.3, -0.25) is 0 Å². The van der Waals surface area contributed by atoms with Gasteiger partial charge >= 0.3 is 0 Å². The van der Waals surface area contributed by atoms with Crippen LogP contribution in [0.5, 0.6) is 0 Å². The fourth-order valence-corrected chi connectivity index (χ4v) is 2.72. The second-order valence-corrected chi connectivity index (χ2v) is 6.43. The average molecular weight is 359 g/mol. The van der Waals surface area contributed by atoms with Gasteiger partial charge in [-0.15, -0.1) is 0 Å². The van der Waals surface area contributed by atoms with E-state index in [2.05, 4.69) is 20.9 Å². The number of nitrogens with zero attached hydrogens (tertiary/aromatic N) is 1. The summed E-state index contributed by atoms with van der Waals surface area (Å²) in [6, 6.07) is 5.99. The summed E-state index contributed by atoms with van der Waals surface area (Å²) in [5, 5.41) is 0.533. The van der Waals surface area contributed by atoms with E-state index in [1.165, 1.54) is 12.1 Å². The molecule has 6 heteroatoms. The first-order chi connectivity index (χ1) is 9.45. The highest BCUT2D eigenvalue weighted by Crippen LogP contribution is 2.32. The Hall–Kier alpha value is -0.980. The van der Waals surface area contributed by atoms with Crippen LogP contribution in [-0.2, 0) is 6.42 Å². The lowest BCUT2D eigenvalue weighted by atomic mass is 10.1. The Morgan fingerprint density at radius 1 is 1.30 bits per heavy atom. The molecule has 1 unspecified atom stereocenters. The molecule has 2 rings (SSSR count). The number of hydrogen-bond donors (Lipinski definition) is 1. The van der Waals surface area contributed by atoms with Crippen molar-refractivity contribution < 1.29 is 8.78 Å². The quantitative estimate of drug-likeness (QED) is 0.891. The van der Waals surface area contributed by atoms with Crippen molar-refractivity contribution in [3.05, 3.63) is 52.1 Å². The highest BCUT2D eigenvalue weighted by molar-refractivity contribution is 9.10. The predicted octanol–water partition coefficient (Wildman–Crippen LogP) is 4.16. The Balaban J connectivity index is 2.26. The van der Waals surface area contributed by atoms with Crippen LogP contribution in [0.25, 0.3) is 0 Å². The number of benzene rings is 1.